The molecule has 0 saturated carbocycles. The van der Waals surface area contributed by atoms with Gasteiger partial charge in [-0.25, -0.2) is 4.39 Å². The van der Waals surface area contributed by atoms with Gasteiger partial charge in [-0.1, -0.05) is 0 Å². The molecule has 2 aromatic rings. The van der Waals surface area contributed by atoms with Gasteiger partial charge in [0.25, 0.3) is 0 Å². The fourth-order valence-electron chi connectivity index (χ4n) is 2.39. The molecule has 1 N–H and O–H groups in total. The summed E-state index contributed by atoms with van der Waals surface area (Å²) in [6, 6.07) is 5.94. The van der Waals surface area contributed by atoms with Crippen molar-refractivity contribution in [3.63, 3.8) is 0 Å². The van der Waals surface area contributed by atoms with Crippen molar-refractivity contribution < 1.29 is 13.9 Å². The van der Waals surface area contributed by atoms with Crippen LogP contribution in [-0.2, 0) is 6.54 Å². The lowest BCUT2D eigenvalue weighted by atomic mass is 10.1. The van der Waals surface area contributed by atoms with Crippen LogP contribution < -0.4 is 0 Å². The highest BCUT2D eigenvalue weighted by Crippen LogP contribution is 2.19. The lowest BCUT2D eigenvalue weighted by molar-refractivity contribution is 0.0625. The Kier molecular flexibility index (Phi) is 3.75. The Morgan fingerprint density at radius 2 is 2.10 bits per heavy atom. The lowest BCUT2D eigenvalue weighted by Crippen LogP contribution is -2.37. The van der Waals surface area contributed by atoms with Crippen molar-refractivity contribution in [2.45, 2.75) is 25.5 Å². The van der Waals surface area contributed by atoms with Gasteiger partial charge in [-0.3, -0.25) is 4.90 Å². The number of aliphatic hydroxyl groups is 1. The van der Waals surface area contributed by atoms with Crippen molar-refractivity contribution in [1.82, 2.24) is 15.1 Å². The fourth-order valence-corrected chi connectivity index (χ4v) is 2.39. The largest absolute Gasteiger partial charge is 0.419 e. The molecule has 1 unspecified atom stereocenters. The Morgan fingerprint density at radius 1 is 1.30 bits per heavy atom. The van der Waals surface area contributed by atoms with Gasteiger partial charge >= 0.3 is 0 Å². The third kappa shape index (κ3) is 3.02. The number of β-amino-alcohol motifs (C(OH)–C–C–N with tert-alkyl or cyclic N) is 1. The average Bonchev–Trinajstić information content (AvgIpc) is 2.88. The molecule has 0 aliphatic carbocycles. The summed E-state index contributed by atoms with van der Waals surface area (Å²) in [6.07, 6.45) is 1.55. The maximum atomic E-state index is 12.9. The van der Waals surface area contributed by atoms with E-state index in [9.17, 15) is 9.50 Å². The quantitative estimate of drug-likeness (QED) is 0.927. The molecule has 20 heavy (non-hydrogen) atoms. The number of benzene rings is 1. The first-order valence-electron chi connectivity index (χ1n) is 6.69. The van der Waals surface area contributed by atoms with E-state index in [4.69, 9.17) is 4.42 Å². The van der Waals surface area contributed by atoms with Crippen LogP contribution in [0.25, 0.3) is 11.5 Å². The standard InChI is InChI=1S/C14H16FN3O2/c15-11-5-3-10(4-6-11)14-17-16-13(20-14)9-18-7-1-2-12(19)8-18/h3-6,12,19H,1-2,7-9H2. The van der Waals surface area contributed by atoms with Gasteiger partial charge in [0.1, 0.15) is 5.82 Å². The Hall–Kier alpha value is -1.79. The van der Waals surface area contributed by atoms with E-state index >= 15 is 0 Å². The van der Waals surface area contributed by atoms with Gasteiger partial charge in [0.2, 0.25) is 11.8 Å². The van der Waals surface area contributed by atoms with Gasteiger partial charge in [-0.15, -0.1) is 10.2 Å². The van der Waals surface area contributed by atoms with Gasteiger partial charge in [-0.2, -0.15) is 0 Å². The van der Waals surface area contributed by atoms with E-state index in [1.54, 1.807) is 12.1 Å². The third-order valence-electron chi connectivity index (χ3n) is 3.40. The van der Waals surface area contributed by atoms with Crippen LogP contribution in [0.3, 0.4) is 0 Å². The highest BCUT2D eigenvalue weighted by atomic mass is 19.1. The second kappa shape index (κ2) is 5.68. The molecule has 1 saturated heterocycles. The number of hydrogen-bond acceptors (Lipinski definition) is 5. The summed E-state index contributed by atoms with van der Waals surface area (Å²) >= 11 is 0. The van der Waals surface area contributed by atoms with E-state index in [2.05, 4.69) is 15.1 Å². The molecule has 106 valence electrons. The van der Waals surface area contributed by atoms with Crippen LogP contribution in [0.1, 0.15) is 18.7 Å². The number of rotatable bonds is 3. The monoisotopic (exact) mass is 277 g/mol. The van der Waals surface area contributed by atoms with Crippen LogP contribution in [0.4, 0.5) is 4.39 Å². The van der Waals surface area contributed by atoms with Crippen molar-refractivity contribution in [2.75, 3.05) is 13.1 Å². The molecule has 5 nitrogen and oxygen atoms in total. The number of nitrogens with zero attached hydrogens (tertiary/aromatic N) is 3. The topological polar surface area (TPSA) is 62.4 Å². The highest BCUT2D eigenvalue weighted by Gasteiger charge is 2.20. The number of piperidine rings is 1. The zero-order valence-corrected chi connectivity index (χ0v) is 11.0. The summed E-state index contributed by atoms with van der Waals surface area (Å²) in [4.78, 5) is 2.09. The summed E-state index contributed by atoms with van der Waals surface area (Å²) in [5.41, 5.74) is 0.698. The molecule has 1 aliphatic rings. The van der Waals surface area contributed by atoms with Gasteiger partial charge in [0.05, 0.1) is 12.6 Å². The second-order valence-corrected chi connectivity index (χ2v) is 5.04. The van der Waals surface area contributed by atoms with Crippen LogP contribution >= 0.6 is 0 Å². The Morgan fingerprint density at radius 3 is 2.85 bits per heavy atom. The first-order chi connectivity index (χ1) is 9.70. The van der Waals surface area contributed by atoms with Gasteiger partial charge in [-0.05, 0) is 43.7 Å². The van der Waals surface area contributed by atoms with Crippen molar-refractivity contribution in [2.24, 2.45) is 0 Å². The van der Waals surface area contributed by atoms with Crippen LogP contribution in [0.5, 0.6) is 0 Å². The molecule has 1 aliphatic heterocycles. The van der Waals surface area contributed by atoms with Crippen molar-refractivity contribution in [3.05, 3.63) is 36.0 Å². The average molecular weight is 277 g/mol. The summed E-state index contributed by atoms with van der Waals surface area (Å²) < 4.78 is 18.4. The predicted molar refractivity (Wildman–Crippen MR) is 70.2 cm³/mol. The van der Waals surface area contributed by atoms with E-state index in [-0.39, 0.29) is 11.9 Å². The highest BCUT2D eigenvalue weighted by molar-refractivity contribution is 5.51. The molecular weight excluding hydrogens is 261 g/mol. The number of aromatic nitrogens is 2. The molecule has 0 radical (unpaired) electrons. The van der Waals surface area contributed by atoms with Gasteiger partial charge in [0, 0.05) is 12.1 Å². The molecule has 3 rings (SSSR count). The molecule has 2 heterocycles. The van der Waals surface area contributed by atoms with Crippen molar-refractivity contribution in [3.8, 4) is 11.5 Å². The lowest BCUT2D eigenvalue weighted by Gasteiger charge is -2.28. The summed E-state index contributed by atoms with van der Waals surface area (Å²) in [6.45, 7) is 2.09. The van der Waals surface area contributed by atoms with Crippen LogP contribution in [0.15, 0.2) is 28.7 Å². The van der Waals surface area contributed by atoms with E-state index in [1.807, 2.05) is 0 Å². The summed E-state index contributed by atoms with van der Waals surface area (Å²) in [7, 11) is 0. The molecule has 1 aromatic heterocycles. The van der Waals surface area contributed by atoms with E-state index in [0.717, 1.165) is 19.4 Å². The maximum Gasteiger partial charge on any atom is 0.247 e. The van der Waals surface area contributed by atoms with E-state index in [1.165, 1.54) is 12.1 Å². The Balaban J connectivity index is 1.69. The zero-order valence-electron chi connectivity index (χ0n) is 11.0. The van der Waals surface area contributed by atoms with E-state index in [0.29, 0.717) is 30.4 Å². The normalized spacial score (nSPS) is 20.2. The molecule has 0 amide bonds. The molecular formula is C14H16FN3O2. The van der Waals surface area contributed by atoms with Gasteiger partial charge in [0.15, 0.2) is 0 Å². The summed E-state index contributed by atoms with van der Waals surface area (Å²) in [5, 5.41) is 17.6. The van der Waals surface area contributed by atoms with Crippen LogP contribution in [0.2, 0.25) is 0 Å². The van der Waals surface area contributed by atoms with E-state index < -0.39 is 0 Å². The second-order valence-electron chi connectivity index (χ2n) is 5.04. The first kappa shape index (κ1) is 13.2. The fraction of sp³-hybridized carbons (Fsp3) is 0.429. The Labute approximate surface area is 116 Å². The molecule has 1 aromatic carbocycles. The molecule has 0 bridgehead atoms. The van der Waals surface area contributed by atoms with Crippen molar-refractivity contribution >= 4 is 0 Å². The summed E-state index contributed by atoms with van der Waals surface area (Å²) in [5.74, 6) is 0.603. The smallest absolute Gasteiger partial charge is 0.247 e. The molecule has 1 atom stereocenters. The predicted octanol–water partition coefficient (Wildman–Crippen LogP) is 1.83. The number of halogens is 1. The van der Waals surface area contributed by atoms with Gasteiger partial charge < -0.3 is 9.52 Å². The zero-order chi connectivity index (χ0) is 13.9. The minimum atomic E-state index is -0.296. The maximum absolute atomic E-state index is 12.9. The van der Waals surface area contributed by atoms with Crippen molar-refractivity contribution in [1.29, 1.82) is 0 Å². The number of likely N-dealkylation sites (tertiary alicyclic amines) is 1. The minimum Gasteiger partial charge on any atom is -0.419 e. The Bertz CT molecular complexity index is 570. The number of aliphatic hydroxyl groups excluding tert-OH is 1. The first-order valence-corrected chi connectivity index (χ1v) is 6.69. The third-order valence-corrected chi connectivity index (χ3v) is 3.40. The van der Waals surface area contributed by atoms with Crippen LogP contribution in [0, 0.1) is 5.82 Å². The number of hydrogen-bond donors (Lipinski definition) is 1. The molecule has 6 heteroatoms. The SMILES string of the molecule is OC1CCCN(Cc2nnc(-c3ccc(F)cc3)o2)C1. The minimum absolute atomic E-state index is 0.275. The van der Waals surface area contributed by atoms with Crippen LogP contribution in [-0.4, -0.2) is 39.4 Å². The molecule has 1 fully saturated rings. The molecule has 0 spiro atoms.